The van der Waals surface area contributed by atoms with Gasteiger partial charge in [-0.05, 0) is 31.9 Å². The molecule has 5 heteroatoms. The Morgan fingerprint density at radius 2 is 1.83 bits per heavy atom. The van der Waals surface area contributed by atoms with Crippen molar-refractivity contribution in [2.24, 2.45) is 5.41 Å². The van der Waals surface area contributed by atoms with Gasteiger partial charge in [0, 0.05) is 12.0 Å². The Morgan fingerprint density at radius 1 is 1.21 bits per heavy atom. The van der Waals surface area contributed by atoms with E-state index in [0.717, 1.165) is 18.6 Å². The first-order chi connectivity index (χ1) is 9.73. The van der Waals surface area contributed by atoms with Crippen molar-refractivity contribution >= 4 is 0 Å². The summed E-state index contributed by atoms with van der Waals surface area (Å²) in [6, 6.07) is 0. The number of allylic oxidation sites excluding steroid dienone is 5. The molecule has 2 aliphatic carbocycles. The van der Waals surface area contributed by atoms with Crippen LogP contribution in [0.4, 0.5) is 0 Å². The molecule has 0 N–H and O–H groups in total. The van der Waals surface area contributed by atoms with Crippen LogP contribution in [0.2, 0.25) is 0 Å². The van der Waals surface area contributed by atoms with Crippen molar-refractivity contribution in [2.45, 2.75) is 66.3 Å². The fraction of sp³-hybridized carbons (Fsp3) is 0.579. The third-order valence-electron chi connectivity index (χ3n) is 3.65. The predicted molar refractivity (Wildman–Crippen MR) is 86.5 cm³/mol. The first kappa shape index (κ1) is 26.2. The Kier molecular flexibility index (Phi) is 11.2. The van der Waals surface area contributed by atoms with E-state index in [1.165, 1.54) is 11.1 Å². The standard InChI is InChI=1S/C19H27O2.2ClH.Ti/c1-14(2)20-19(21-16-9-7-8-10-16)12-11-15(3)13-17(19)18(4,5)6;;;/h7,9,11,13-14H,8,12H2,1-6H3;2*1H;/q-1;;;+3/p-2. The summed E-state index contributed by atoms with van der Waals surface area (Å²) in [5.74, 6) is 0.0712. The van der Waals surface area contributed by atoms with E-state index >= 15 is 0 Å². The maximum atomic E-state index is 6.32. The van der Waals surface area contributed by atoms with E-state index in [4.69, 9.17) is 9.47 Å². The van der Waals surface area contributed by atoms with Crippen LogP contribution in [0, 0.1) is 11.5 Å². The molecule has 0 spiro atoms. The molecule has 0 aromatic rings. The molecule has 2 aliphatic rings. The molecule has 0 aliphatic heterocycles. The van der Waals surface area contributed by atoms with Crippen LogP contribution < -0.4 is 24.8 Å². The first-order valence-electron chi connectivity index (χ1n) is 7.76. The van der Waals surface area contributed by atoms with Gasteiger partial charge < -0.3 is 34.3 Å². The van der Waals surface area contributed by atoms with Gasteiger partial charge in [0.25, 0.3) is 0 Å². The van der Waals surface area contributed by atoms with E-state index in [2.05, 4.69) is 65.8 Å². The van der Waals surface area contributed by atoms with Gasteiger partial charge in [-0.2, -0.15) is 12.2 Å². The van der Waals surface area contributed by atoms with Crippen molar-refractivity contribution in [3.63, 3.8) is 0 Å². The van der Waals surface area contributed by atoms with E-state index in [1.807, 2.05) is 6.08 Å². The van der Waals surface area contributed by atoms with Crippen LogP contribution in [0.1, 0.15) is 54.4 Å². The molecule has 0 amide bonds. The van der Waals surface area contributed by atoms with Crippen molar-refractivity contribution in [2.75, 3.05) is 0 Å². The predicted octanol–water partition coefficient (Wildman–Crippen LogP) is -0.901. The summed E-state index contributed by atoms with van der Waals surface area (Å²) in [6.45, 7) is 12.9. The van der Waals surface area contributed by atoms with Crippen molar-refractivity contribution in [1.29, 1.82) is 0 Å². The second-order valence-corrected chi connectivity index (χ2v) is 7.13. The second kappa shape index (κ2) is 10.2. The van der Waals surface area contributed by atoms with Gasteiger partial charge in [0.15, 0.2) is 0 Å². The average molecular weight is 406 g/mol. The zero-order valence-electron chi connectivity index (χ0n) is 15.4. The molecular formula is C19H27Cl2O2Ti. The molecular weight excluding hydrogens is 379 g/mol. The molecule has 24 heavy (non-hydrogen) atoms. The first-order valence-corrected chi connectivity index (χ1v) is 7.76. The molecule has 0 saturated heterocycles. The van der Waals surface area contributed by atoms with Crippen molar-refractivity contribution in [3.05, 3.63) is 47.3 Å². The van der Waals surface area contributed by atoms with E-state index in [0.29, 0.717) is 0 Å². The quantitative estimate of drug-likeness (QED) is 0.343. The zero-order valence-corrected chi connectivity index (χ0v) is 18.4. The topological polar surface area (TPSA) is 18.5 Å². The molecule has 0 aromatic carbocycles. The monoisotopic (exact) mass is 405 g/mol. The summed E-state index contributed by atoms with van der Waals surface area (Å²) in [5.41, 5.74) is 2.44. The van der Waals surface area contributed by atoms with Crippen LogP contribution in [0.25, 0.3) is 0 Å². The van der Waals surface area contributed by atoms with Gasteiger partial charge in [-0.1, -0.05) is 38.5 Å². The number of hydrogen-bond donors (Lipinski definition) is 0. The van der Waals surface area contributed by atoms with Gasteiger partial charge in [0.05, 0.1) is 6.10 Å². The smallest absolute Gasteiger partial charge is 1.00 e. The van der Waals surface area contributed by atoms with Gasteiger partial charge in [-0.15, -0.1) is 6.42 Å². The fourth-order valence-electron chi connectivity index (χ4n) is 2.83. The van der Waals surface area contributed by atoms with Crippen LogP contribution in [0.5, 0.6) is 0 Å². The molecule has 0 heterocycles. The van der Waals surface area contributed by atoms with Gasteiger partial charge >= 0.3 is 21.7 Å². The van der Waals surface area contributed by atoms with E-state index < -0.39 is 5.79 Å². The molecule has 1 unspecified atom stereocenters. The normalized spacial score (nSPS) is 22.5. The Bertz CT molecular complexity index is 528. The average Bonchev–Trinajstić information content (AvgIpc) is 2.83. The minimum Gasteiger partial charge on any atom is -1.00 e. The number of hydrogen-bond acceptors (Lipinski definition) is 2. The fourth-order valence-corrected chi connectivity index (χ4v) is 2.83. The van der Waals surface area contributed by atoms with Gasteiger partial charge in [-0.3, -0.25) is 0 Å². The van der Waals surface area contributed by atoms with E-state index in [1.54, 1.807) is 0 Å². The van der Waals surface area contributed by atoms with Crippen molar-refractivity contribution < 1.29 is 56.0 Å². The minimum absolute atomic E-state index is 0. The Hall–Kier alpha value is 0.0143. The molecule has 2 rings (SSSR count). The Labute approximate surface area is 174 Å². The summed E-state index contributed by atoms with van der Waals surface area (Å²) in [6.07, 6.45) is 13.3. The summed E-state index contributed by atoms with van der Waals surface area (Å²) in [5, 5.41) is 0. The summed E-state index contributed by atoms with van der Waals surface area (Å²) >= 11 is 0. The largest absolute Gasteiger partial charge is 3.00 e. The van der Waals surface area contributed by atoms with Crippen LogP contribution in [-0.4, -0.2) is 11.9 Å². The minimum atomic E-state index is -0.719. The van der Waals surface area contributed by atoms with Crippen molar-refractivity contribution in [3.8, 4) is 0 Å². The van der Waals surface area contributed by atoms with Crippen LogP contribution in [0.3, 0.4) is 0 Å². The summed E-state index contributed by atoms with van der Waals surface area (Å²) in [7, 11) is 0. The maximum absolute atomic E-state index is 6.32. The zero-order chi connectivity index (χ0) is 15.7. The van der Waals surface area contributed by atoms with Gasteiger partial charge in [0.2, 0.25) is 5.79 Å². The molecule has 1 radical (unpaired) electrons. The molecule has 1 atom stereocenters. The SMILES string of the molecule is CC1=CCC(OC2=[C-]CC=C2)(OC(C)C)C(C(C)(C)C)=C1.[Cl-].[Cl-].[Ti+3]. The summed E-state index contributed by atoms with van der Waals surface area (Å²) in [4.78, 5) is 0. The molecule has 2 nitrogen and oxygen atoms in total. The molecule has 133 valence electrons. The van der Waals surface area contributed by atoms with Gasteiger partial charge in [0.1, 0.15) is 0 Å². The van der Waals surface area contributed by atoms with Crippen LogP contribution in [-0.2, 0) is 31.2 Å². The molecule has 0 bridgehead atoms. The Balaban J connectivity index is 0. The van der Waals surface area contributed by atoms with Crippen LogP contribution >= 0.6 is 0 Å². The third kappa shape index (κ3) is 6.39. The maximum Gasteiger partial charge on any atom is 3.00 e. The van der Waals surface area contributed by atoms with Crippen LogP contribution in [0.15, 0.2) is 41.2 Å². The number of ether oxygens (including phenoxy) is 2. The number of rotatable bonds is 4. The second-order valence-electron chi connectivity index (χ2n) is 7.13. The van der Waals surface area contributed by atoms with Crippen molar-refractivity contribution in [1.82, 2.24) is 0 Å². The Morgan fingerprint density at radius 3 is 2.29 bits per heavy atom. The number of halogens is 2. The van der Waals surface area contributed by atoms with Gasteiger partial charge in [-0.25, -0.2) is 6.08 Å². The third-order valence-corrected chi connectivity index (χ3v) is 3.65. The summed E-state index contributed by atoms with van der Waals surface area (Å²) < 4.78 is 12.6. The molecule has 0 fully saturated rings. The molecule has 0 saturated carbocycles. The van der Waals surface area contributed by atoms with E-state index in [9.17, 15) is 0 Å². The van der Waals surface area contributed by atoms with E-state index in [-0.39, 0.29) is 58.1 Å². The molecule has 0 aromatic heterocycles.